The van der Waals surface area contributed by atoms with Crippen molar-refractivity contribution in [3.63, 3.8) is 0 Å². The van der Waals surface area contributed by atoms with Crippen molar-refractivity contribution in [3.05, 3.63) is 52.0 Å². The molecule has 2 N–H and O–H groups in total. The topological polar surface area (TPSA) is 98.2 Å². The van der Waals surface area contributed by atoms with Gasteiger partial charge in [0.25, 0.3) is 5.91 Å². The van der Waals surface area contributed by atoms with Gasteiger partial charge in [-0.15, -0.1) is 0 Å². The van der Waals surface area contributed by atoms with Gasteiger partial charge in [0.2, 0.25) is 5.91 Å². The van der Waals surface area contributed by atoms with E-state index in [4.69, 9.17) is 14.2 Å². The first-order valence-corrected chi connectivity index (χ1v) is 9.43. The van der Waals surface area contributed by atoms with Gasteiger partial charge >= 0.3 is 0 Å². The summed E-state index contributed by atoms with van der Waals surface area (Å²) in [5, 5.41) is 6.61. The predicted molar refractivity (Wildman–Crippen MR) is 113 cm³/mol. The summed E-state index contributed by atoms with van der Waals surface area (Å²) in [5.41, 5.74) is 3.62. The Morgan fingerprint density at radius 1 is 1.03 bits per heavy atom. The molecule has 0 fully saturated rings. The minimum atomic E-state index is -0.326. The van der Waals surface area contributed by atoms with Gasteiger partial charge in [-0.05, 0) is 52.3 Å². The maximum absolute atomic E-state index is 12.0. The molecule has 0 unspecified atom stereocenters. The van der Waals surface area contributed by atoms with Crippen LogP contribution in [0, 0.1) is 0 Å². The number of hydrogen-bond acceptors (Lipinski definition) is 6. The molecular formula is C20H22BrN3O5. The number of halogens is 1. The highest BCUT2D eigenvalue weighted by Crippen LogP contribution is 2.32. The summed E-state index contributed by atoms with van der Waals surface area (Å²) in [6.07, 6.45) is 1.58. The highest BCUT2D eigenvalue weighted by molar-refractivity contribution is 9.10. The standard InChI is InChI=1S/C20H22BrN3O5/c1-27-15-6-4-13(5-7-15)20(26)22-9-8-19(25)24-23-12-14-10-17(28-2)18(29-3)11-16(14)21/h4-7,10-12H,8-9H2,1-3H3,(H,22,26)(H,24,25). The fraction of sp³-hybridized carbons (Fsp3) is 0.250. The first-order chi connectivity index (χ1) is 14.0. The van der Waals surface area contributed by atoms with Crippen LogP contribution in [0.4, 0.5) is 0 Å². The van der Waals surface area contributed by atoms with Gasteiger partial charge in [-0.1, -0.05) is 0 Å². The largest absolute Gasteiger partial charge is 0.497 e. The molecule has 2 amide bonds. The van der Waals surface area contributed by atoms with Crippen LogP contribution in [0.5, 0.6) is 17.2 Å². The normalized spacial score (nSPS) is 10.5. The van der Waals surface area contributed by atoms with Gasteiger partial charge in [-0.3, -0.25) is 9.59 Å². The summed E-state index contributed by atoms with van der Waals surface area (Å²) < 4.78 is 16.2. The Kier molecular flexibility index (Phi) is 8.47. The number of benzene rings is 2. The molecule has 29 heavy (non-hydrogen) atoms. The van der Waals surface area contributed by atoms with Gasteiger partial charge in [-0.2, -0.15) is 5.10 Å². The van der Waals surface area contributed by atoms with Gasteiger partial charge in [-0.25, -0.2) is 5.43 Å². The number of nitrogens with one attached hydrogen (secondary N) is 2. The van der Waals surface area contributed by atoms with Crippen LogP contribution < -0.4 is 25.0 Å². The molecule has 2 aromatic carbocycles. The van der Waals surface area contributed by atoms with E-state index in [-0.39, 0.29) is 24.8 Å². The summed E-state index contributed by atoms with van der Waals surface area (Å²) >= 11 is 3.41. The van der Waals surface area contributed by atoms with Crippen LogP contribution in [0.3, 0.4) is 0 Å². The number of methoxy groups -OCH3 is 3. The number of ether oxygens (including phenoxy) is 3. The van der Waals surface area contributed by atoms with Gasteiger partial charge in [0.1, 0.15) is 5.75 Å². The molecule has 0 saturated carbocycles. The second-order valence-electron chi connectivity index (χ2n) is 5.76. The van der Waals surface area contributed by atoms with E-state index in [9.17, 15) is 9.59 Å². The summed E-state index contributed by atoms with van der Waals surface area (Å²) in [4.78, 5) is 23.9. The number of nitrogens with zero attached hydrogens (tertiary/aromatic N) is 1. The Labute approximate surface area is 177 Å². The zero-order valence-corrected chi connectivity index (χ0v) is 17.9. The monoisotopic (exact) mass is 463 g/mol. The van der Waals surface area contributed by atoms with Crippen LogP contribution in [0.25, 0.3) is 0 Å². The molecule has 0 atom stereocenters. The lowest BCUT2D eigenvalue weighted by molar-refractivity contribution is -0.120. The smallest absolute Gasteiger partial charge is 0.251 e. The van der Waals surface area contributed by atoms with E-state index in [1.165, 1.54) is 13.3 Å². The molecule has 2 rings (SSSR count). The molecule has 9 heteroatoms. The minimum Gasteiger partial charge on any atom is -0.497 e. The van der Waals surface area contributed by atoms with Crippen LogP contribution in [-0.2, 0) is 4.79 Å². The molecule has 154 valence electrons. The lowest BCUT2D eigenvalue weighted by atomic mass is 10.2. The summed E-state index contributed by atoms with van der Waals surface area (Å²) in [5.74, 6) is 1.20. The Hall–Kier alpha value is -3.07. The summed E-state index contributed by atoms with van der Waals surface area (Å²) in [7, 11) is 4.64. The van der Waals surface area contributed by atoms with E-state index in [1.807, 2.05) is 0 Å². The Bertz CT molecular complexity index is 884. The first kappa shape index (κ1) is 22.2. The van der Waals surface area contributed by atoms with Crippen LogP contribution in [0.15, 0.2) is 46.0 Å². The number of amides is 2. The van der Waals surface area contributed by atoms with Crippen LogP contribution >= 0.6 is 15.9 Å². The van der Waals surface area contributed by atoms with Crippen molar-refractivity contribution in [2.24, 2.45) is 5.10 Å². The summed E-state index contributed by atoms with van der Waals surface area (Å²) in [6, 6.07) is 10.2. The van der Waals surface area contributed by atoms with E-state index < -0.39 is 0 Å². The maximum Gasteiger partial charge on any atom is 0.251 e. The fourth-order valence-corrected chi connectivity index (χ4v) is 2.76. The average Bonchev–Trinajstić information content (AvgIpc) is 2.74. The molecule has 0 bridgehead atoms. The molecule has 0 saturated heterocycles. The zero-order chi connectivity index (χ0) is 21.2. The van der Waals surface area contributed by atoms with Crippen molar-refractivity contribution in [2.45, 2.75) is 6.42 Å². The van der Waals surface area contributed by atoms with E-state index in [2.05, 4.69) is 31.8 Å². The number of hydrogen-bond donors (Lipinski definition) is 2. The van der Waals surface area contributed by atoms with E-state index in [0.29, 0.717) is 28.4 Å². The van der Waals surface area contributed by atoms with E-state index in [1.54, 1.807) is 50.6 Å². The molecule has 0 radical (unpaired) electrons. The predicted octanol–water partition coefficient (Wildman–Crippen LogP) is 2.75. The molecule has 0 aliphatic heterocycles. The molecule has 0 aromatic heterocycles. The SMILES string of the molecule is COc1ccc(C(=O)NCCC(=O)NN=Cc2cc(OC)c(OC)cc2Br)cc1. The number of rotatable bonds is 9. The van der Waals surface area contributed by atoms with E-state index in [0.717, 1.165) is 4.47 Å². The lowest BCUT2D eigenvalue weighted by Crippen LogP contribution is -2.29. The van der Waals surface area contributed by atoms with Crippen molar-refractivity contribution >= 4 is 34.0 Å². The van der Waals surface area contributed by atoms with Gasteiger partial charge in [0.05, 0.1) is 27.5 Å². The highest BCUT2D eigenvalue weighted by Gasteiger charge is 2.09. The molecule has 0 heterocycles. The number of carbonyl (C=O) groups is 2. The van der Waals surface area contributed by atoms with Gasteiger partial charge in [0, 0.05) is 28.6 Å². The Morgan fingerprint density at radius 3 is 2.31 bits per heavy atom. The maximum atomic E-state index is 12.0. The molecule has 0 aliphatic rings. The fourth-order valence-electron chi connectivity index (χ4n) is 2.33. The van der Waals surface area contributed by atoms with Crippen molar-refractivity contribution in [1.82, 2.24) is 10.7 Å². The molecule has 2 aromatic rings. The zero-order valence-electron chi connectivity index (χ0n) is 16.3. The lowest BCUT2D eigenvalue weighted by Gasteiger charge is -2.09. The van der Waals surface area contributed by atoms with Crippen molar-refractivity contribution in [1.29, 1.82) is 0 Å². The average molecular weight is 464 g/mol. The van der Waals surface area contributed by atoms with E-state index >= 15 is 0 Å². The van der Waals surface area contributed by atoms with Crippen molar-refractivity contribution in [2.75, 3.05) is 27.9 Å². The van der Waals surface area contributed by atoms with Gasteiger partial charge < -0.3 is 19.5 Å². The molecule has 0 aliphatic carbocycles. The molecule has 8 nitrogen and oxygen atoms in total. The second kappa shape index (κ2) is 11.1. The Morgan fingerprint density at radius 2 is 1.69 bits per heavy atom. The highest BCUT2D eigenvalue weighted by atomic mass is 79.9. The second-order valence-corrected chi connectivity index (χ2v) is 6.61. The molecule has 0 spiro atoms. The third-order valence-electron chi connectivity index (χ3n) is 3.89. The quantitative estimate of drug-likeness (QED) is 0.440. The van der Waals surface area contributed by atoms with Crippen molar-refractivity contribution in [3.8, 4) is 17.2 Å². The minimum absolute atomic E-state index is 0.0896. The molecular weight excluding hydrogens is 442 g/mol. The van der Waals surface area contributed by atoms with Crippen molar-refractivity contribution < 1.29 is 23.8 Å². The Balaban J connectivity index is 1.81. The number of hydrazone groups is 1. The van der Waals surface area contributed by atoms with Gasteiger partial charge in [0.15, 0.2) is 11.5 Å². The third-order valence-corrected chi connectivity index (χ3v) is 4.57. The third kappa shape index (κ3) is 6.49. The summed E-state index contributed by atoms with van der Waals surface area (Å²) in [6.45, 7) is 0.187. The number of carbonyl (C=O) groups excluding carboxylic acids is 2. The first-order valence-electron chi connectivity index (χ1n) is 8.64. The van der Waals surface area contributed by atoms with Crippen LogP contribution in [0.1, 0.15) is 22.3 Å². The van der Waals surface area contributed by atoms with Crippen LogP contribution in [-0.4, -0.2) is 45.9 Å². The van der Waals surface area contributed by atoms with Crippen LogP contribution in [0.2, 0.25) is 0 Å².